The maximum Gasteiger partial charge on any atom is 0.0873 e. The van der Waals surface area contributed by atoms with Gasteiger partial charge < -0.3 is 4.74 Å². The molecule has 0 aliphatic heterocycles. The van der Waals surface area contributed by atoms with Gasteiger partial charge in [0.15, 0.2) is 0 Å². The molecule has 0 aromatic heterocycles. The first-order valence-corrected chi connectivity index (χ1v) is 4.58. The van der Waals surface area contributed by atoms with Crippen LogP contribution in [-0.4, -0.2) is 6.61 Å². The number of hydrogen-bond acceptors (Lipinski definition) is 1. The van der Waals surface area contributed by atoms with Crippen LogP contribution in [0.3, 0.4) is 0 Å². The molecule has 69 valence electrons. The molecule has 0 atom stereocenters. The van der Waals surface area contributed by atoms with Gasteiger partial charge in [-0.1, -0.05) is 42.5 Å². The molecule has 1 nitrogen and oxygen atoms in total. The largest absolute Gasteiger partial charge is 0.375 e. The Balaban J connectivity index is 2.25. The van der Waals surface area contributed by atoms with Gasteiger partial charge in [-0.3, -0.25) is 0 Å². The lowest BCUT2D eigenvalue weighted by Crippen LogP contribution is -1.83. The molecule has 0 heterocycles. The Morgan fingerprint density at radius 1 is 1.23 bits per heavy atom. The SMILES string of the molecule is CCO[CH]CC=Cc1ccccc1. The molecule has 0 saturated heterocycles. The van der Waals surface area contributed by atoms with Crippen LogP contribution in [0.25, 0.3) is 6.08 Å². The van der Waals surface area contributed by atoms with Crippen LogP contribution >= 0.6 is 0 Å². The van der Waals surface area contributed by atoms with Crippen LogP contribution < -0.4 is 0 Å². The highest BCUT2D eigenvalue weighted by Gasteiger charge is 1.83. The van der Waals surface area contributed by atoms with Gasteiger partial charge in [0.1, 0.15) is 0 Å². The normalized spacial score (nSPS) is 10.8. The summed E-state index contributed by atoms with van der Waals surface area (Å²) in [6.45, 7) is 4.55. The van der Waals surface area contributed by atoms with Gasteiger partial charge in [-0.25, -0.2) is 0 Å². The van der Waals surface area contributed by atoms with Crippen molar-refractivity contribution in [1.29, 1.82) is 0 Å². The number of rotatable bonds is 5. The van der Waals surface area contributed by atoms with E-state index in [9.17, 15) is 0 Å². The van der Waals surface area contributed by atoms with Gasteiger partial charge in [-0.2, -0.15) is 0 Å². The van der Waals surface area contributed by atoms with E-state index < -0.39 is 0 Å². The van der Waals surface area contributed by atoms with E-state index in [1.807, 2.05) is 31.7 Å². The maximum atomic E-state index is 5.10. The lowest BCUT2D eigenvalue weighted by atomic mass is 10.2. The molecule has 0 spiro atoms. The molecule has 1 aromatic carbocycles. The third-order valence-electron chi connectivity index (χ3n) is 1.63. The van der Waals surface area contributed by atoms with Gasteiger partial charge >= 0.3 is 0 Å². The third-order valence-corrected chi connectivity index (χ3v) is 1.63. The van der Waals surface area contributed by atoms with Crippen LogP contribution in [0.2, 0.25) is 0 Å². The molecule has 0 amide bonds. The fourth-order valence-electron chi connectivity index (χ4n) is 1.01. The van der Waals surface area contributed by atoms with Gasteiger partial charge in [-0.05, 0) is 18.9 Å². The Morgan fingerprint density at radius 2 is 2.00 bits per heavy atom. The second-order valence-electron chi connectivity index (χ2n) is 2.67. The van der Waals surface area contributed by atoms with E-state index in [4.69, 9.17) is 4.74 Å². The van der Waals surface area contributed by atoms with E-state index in [0.29, 0.717) is 0 Å². The first-order chi connectivity index (χ1) is 6.43. The molecule has 0 bridgehead atoms. The Morgan fingerprint density at radius 3 is 2.69 bits per heavy atom. The summed E-state index contributed by atoms with van der Waals surface area (Å²) < 4.78 is 5.10. The van der Waals surface area contributed by atoms with Gasteiger partial charge in [0.25, 0.3) is 0 Å². The average Bonchev–Trinajstić information content (AvgIpc) is 2.19. The minimum Gasteiger partial charge on any atom is -0.375 e. The zero-order valence-electron chi connectivity index (χ0n) is 7.94. The highest BCUT2D eigenvalue weighted by molar-refractivity contribution is 5.48. The topological polar surface area (TPSA) is 9.23 Å². The molecule has 1 aromatic rings. The zero-order chi connectivity index (χ0) is 9.36. The number of hydrogen-bond donors (Lipinski definition) is 0. The van der Waals surface area contributed by atoms with Gasteiger partial charge in [0, 0.05) is 6.61 Å². The fraction of sp³-hybridized carbons (Fsp3) is 0.250. The van der Waals surface area contributed by atoms with Gasteiger partial charge in [0.2, 0.25) is 0 Å². The van der Waals surface area contributed by atoms with E-state index in [1.54, 1.807) is 0 Å². The Hall–Kier alpha value is -1.08. The standard InChI is InChI=1S/C12H15O/c1-2-13-11-7-6-10-12-8-4-3-5-9-12/h3-6,8-11H,2,7H2,1H3. The molecule has 1 heteroatoms. The molecular weight excluding hydrogens is 160 g/mol. The smallest absolute Gasteiger partial charge is 0.0873 e. The molecule has 0 saturated carbocycles. The van der Waals surface area contributed by atoms with Crippen LogP contribution in [0.4, 0.5) is 0 Å². The molecule has 0 aliphatic carbocycles. The van der Waals surface area contributed by atoms with Crippen LogP contribution in [0.15, 0.2) is 36.4 Å². The highest BCUT2D eigenvalue weighted by atomic mass is 16.5. The maximum absolute atomic E-state index is 5.10. The lowest BCUT2D eigenvalue weighted by Gasteiger charge is -1.94. The van der Waals surface area contributed by atoms with Crippen LogP contribution in [-0.2, 0) is 4.74 Å². The van der Waals surface area contributed by atoms with Crippen molar-refractivity contribution in [2.45, 2.75) is 13.3 Å². The summed E-state index contributed by atoms with van der Waals surface area (Å²) in [6.07, 6.45) is 5.04. The first kappa shape index (κ1) is 10.0. The summed E-state index contributed by atoms with van der Waals surface area (Å²) in [5, 5.41) is 0. The van der Waals surface area contributed by atoms with Crippen molar-refractivity contribution >= 4 is 6.08 Å². The highest BCUT2D eigenvalue weighted by Crippen LogP contribution is 2.02. The monoisotopic (exact) mass is 175 g/mol. The summed E-state index contributed by atoms with van der Waals surface area (Å²) in [6, 6.07) is 10.2. The van der Waals surface area contributed by atoms with E-state index in [-0.39, 0.29) is 0 Å². The Labute approximate surface area is 80.0 Å². The molecular formula is C12H15O. The summed E-state index contributed by atoms with van der Waals surface area (Å²) in [4.78, 5) is 0. The van der Waals surface area contributed by atoms with Crippen molar-refractivity contribution in [1.82, 2.24) is 0 Å². The van der Waals surface area contributed by atoms with Crippen LogP contribution in [0.1, 0.15) is 18.9 Å². The molecule has 0 unspecified atom stereocenters. The Kier molecular flexibility index (Phi) is 4.95. The average molecular weight is 175 g/mol. The van der Waals surface area contributed by atoms with Crippen molar-refractivity contribution in [3.63, 3.8) is 0 Å². The van der Waals surface area contributed by atoms with Gasteiger partial charge in [-0.15, -0.1) is 0 Å². The second kappa shape index (κ2) is 6.44. The lowest BCUT2D eigenvalue weighted by molar-refractivity contribution is 0.214. The summed E-state index contributed by atoms with van der Waals surface area (Å²) in [7, 11) is 0. The summed E-state index contributed by atoms with van der Waals surface area (Å²) in [5.74, 6) is 0. The number of ether oxygens (including phenoxy) is 1. The molecule has 0 aliphatic rings. The van der Waals surface area contributed by atoms with Crippen molar-refractivity contribution in [2.75, 3.05) is 6.61 Å². The van der Waals surface area contributed by atoms with Gasteiger partial charge in [0.05, 0.1) is 6.61 Å². The predicted octanol–water partition coefficient (Wildman–Crippen LogP) is 3.29. The first-order valence-electron chi connectivity index (χ1n) is 4.58. The van der Waals surface area contributed by atoms with Crippen molar-refractivity contribution < 1.29 is 4.74 Å². The predicted molar refractivity (Wildman–Crippen MR) is 56.0 cm³/mol. The van der Waals surface area contributed by atoms with E-state index in [0.717, 1.165) is 13.0 Å². The molecule has 0 fully saturated rings. The second-order valence-corrected chi connectivity index (χ2v) is 2.67. The zero-order valence-corrected chi connectivity index (χ0v) is 7.94. The minimum absolute atomic E-state index is 0.749. The van der Waals surface area contributed by atoms with Crippen molar-refractivity contribution in [3.8, 4) is 0 Å². The third kappa shape index (κ3) is 4.48. The molecule has 1 rings (SSSR count). The van der Waals surface area contributed by atoms with E-state index >= 15 is 0 Å². The van der Waals surface area contributed by atoms with Crippen LogP contribution in [0.5, 0.6) is 0 Å². The number of benzene rings is 1. The Bertz CT molecular complexity index is 239. The molecule has 13 heavy (non-hydrogen) atoms. The molecule has 1 radical (unpaired) electrons. The summed E-state index contributed by atoms with van der Waals surface area (Å²) >= 11 is 0. The molecule has 0 N–H and O–H groups in total. The van der Waals surface area contributed by atoms with Crippen molar-refractivity contribution in [2.24, 2.45) is 0 Å². The van der Waals surface area contributed by atoms with Crippen molar-refractivity contribution in [3.05, 3.63) is 48.6 Å². The van der Waals surface area contributed by atoms with E-state index in [1.165, 1.54) is 5.56 Å². The minimum atomic E-state index is 0.749. The fourth-order valence-corrected chi connectivity index (χ4v) is 1.01. The summed E-state index contributed by atoms with van der Waals surface area (Å²) in [5.41, 5.74) is 1.23. The van der Waals surface area contributed by atoms with E-state index in [2.05, 4.69) is 24.3 Å². The van der Waals surface area contributed by atoms with Crippen LogP contribution in [0, 0.1) is 6.61 Å². The quantitative estimate of drug-likeness (QED) is 0.624.